The molecule has 2 aliphatic rings. The summed E-state index contributed by atoms with van der Waals surface area (Å²) in [6.07, 6.45) is 2.77. The number of amides is 4. The number of imide groups is 1. The topological polar surface area (TPSA) is 105 Å². The van der Waals surface area contributed by atoms with Crippen molar-refractivity contribution < 1.29 is 23.9 Å². The summed E-state index contributed by atoms with van der Waals surface area (Å²) in [5, 5.41) is 3.41. The first-order valence-corrected chi connectivity index (χ1v) is 9.42. The van der Waals surface area contributed by atoms with Gasteiger partial charge in [0.1, 0.15) is 5.54 Å². The average Bonchev–Trinajstić information content (AvgIpc) is 2.89. The third-order valence-electron chi connectivity index (χ3n) is 5.60. The molecule has 0 atom stereocenters. The molecular weight excluding hydrogens is 362 g/mol. The number of benzene rings is 1. The number of rotatable bonds is 4. The van der Waals surface area contributed by atoms with E-state index in [0.717, 1.165) is 24.0 Å². The summed E-state index contributed by atoms with van der Waals surface area (Å²) >= 11 is 0. The fourth-order valence-corrected chi connectivity index (χ4v) is 3.56. The van der Waals surface area contributed by atoms with Gasteiger partial charge in [-0.1, -0.05) is 13.0 Å². The van der Waals surface area contributed by atoms with Gasteiger partial charge in [-0.2, -0.15) is 5.01 Å². The van der Waals surface area contributed by atoms with Crippen LogP contribution >= 0.6 is 0 Å². The van der Waals surface area contributed by atoms with Crippen molar-refractivity contribution in [2.45, 2.75) is 52.0 Å². The van der Waals surface area contributed by atoms with Crippen molar-refractivity contribution in [3.05, 3.63) is 34.9 Å². The molecule has 1 spiro atoms. The average molecular weight is 387 g/mol. The van der Waals surface area contributed by atoms with E-state index in [-0.39, 0.29) is 0 Å². The first-order chi connectivity index (χ1) is 13.2. The highest BCUT2D eigenvalue weighted by Gasteiger charge is 2.52. The summed E-state index contributed by atoms with van der Waals surface area (Å²) < 4.78 is 5.00. The number of carbonyl (C=O) groups is 4. The van der Waals surface area contributed by atoms with Crippen LogP contribution in [0, 0.1) is 19.8 Å². The van der Waals surface area contributed by atoms with Crippen molar-refractivity contribution in [2.24, 2.45) is 5.92 Å². The second kappa shape index (κ2) is 7.61. The van der Waals surface area contributed by atoms with Gasteiger partial charge < -0.3 is 10.1 Å². The number of esters is 1. The molecule has 4 amide bonds. The number of ether oxygens (including phenoxy) is 1. The predicted molar refractivity (Wildman–Crippen MR) is 100 cm³/mol. The van der Waals surface area contributed by atoms with E-state index < -0.39 is 36.0 Å². The molecule has 0 bridgehead atoms. The highest BCUT2D eigenvalue weighted by atomic mass is 16.5. The van der Waals surface area contributed by atoms with Crippen molar-refractivity contribution in [3.8, 4) is 0 Å². The van der Waals surface area contributed by atoms with Gasteiger partial charge in [-0.15, -0.1) is 0 Å². The number of aryl methyl sites for hydroxylation is 2. The second-order valence-electron chi connectivity index (χ2n) is 7.75. The lowest BCUT2D eigenvalue weighted by molar-refractivity contribution is -0.141. The van der Waals surface area contributed by atoms with Crippen LogP contribution in [-0.2, 0) is 14.3 Å². The van der Waals surface area contributed by atoms with Crippen molar-refractivity contribution >= 4 is 23.8 Å². The monoisotopic (exact) mass is 387 g/mol. The van der Waals surface area contributed by atoms with Crippen LogP contribution in [0.5, 0.6) is 0 Å². The molecule has 1 heterocycles. The molecule has 1 aromatic rings. The maximum Gasteiger partial charge on any atom is 0.344 e. The molecule has 0 aromatic heterocycles. The maximum absolute atomic E-state index is 12.7. The Morgan fingerprint density at radius 2 is 1.89 bits per heavy atom. The van der Waals surface area contributed by atoms with E-state index >= 15 is 0 Å². The molecule has 8 nitrogen and oxygen atoms in total. The molecule has 1 aliphatic heterocycles. The molecule has 28 heavy (non-hydrogen) atoms. The lowest BCUT2D eigenvalue weighted by Crippen LogP contribution is -2.52. The smallest absolute Gasteiger partial charge is 0.344 e. The number of hydrazine groups is 1. The minimum Gasteiger partial charge on any atom is -0.452 e. The van der Waals surface area contributed by atoms with Crippen LogP contribution in [0.4, 0.5) is 4.79 Å². The summed E-state index contributed by atoms with van der Waals surface area (Å²) in [6, 6.07) is 4.44. The predicted octanol–water partition coefficient (Wildman–Crippen LogP) is 1.99. The number of hydrogen-bond acceptors (Lipinski definition) is 5. The molecule has 0 radical (unpaired) electrons. The van der Waals surface area contributed by atoms with Gasteiger partial charge in [0, 0.05) is 0 Å². The first-order valence-electron chi connectivity index (χ1n) is 9.42. The summed E-state index contributed by atoms with van der Waals surface area (Å²) in [7, 11) is 0. The Balaban J connectivity index is 1.56. The molecule has 1 aliphatic carbocycles. The third kappa shape index (κ3) is 3.85. The van der Waals surface area contributed by atoms with Crippen LogP contribution in [0.25, 0.3) is 0 Å². The third-order valence-corrected chi connectivity index (χ3v) is 5.60. The van der Waals surface area contributed by atoms with E-state index in [1.807, 2.05) is 13.8 Å². The van der Waals surface area contributed by atoms with Crippen molar-refractivity contribution in [1.82, 2.24) is 15.8 Å². The number of carbonyl (C=O) groups excluding carboxylic acids is 4. The molecule has 150 valence electrons. The van der Waals surface area contributed by atoms with Crippen LogP contribution in [0.2, 0.25) is 0 Å². The van der Waals surface area contributed by atoms with Gasteiger partial charge in [0.25, 0.3) is 11.8 Å². The highest BCUT2D eigenvalue weighted by molar-refractivity contribution is 6.08. The van der Waals surface area contributed by atoms with E-state index in [2.05, 4.69) is 17.7 Å². The van der Waals surface area contributed by atoms with E-state index in [1.54, 1.807) is 18.2 Å². The van der Waals surface area contributed by atoms with Crippen molar-refractivity contribution in [2.75, 3.05) is 6.61 Å². The normalized spacial score (nSPS) is 24.2. The lowest BCUT2D eigenvalue weighted by atomic mass is 9.77. The Hall–Kier alpha value is -2.90. The molecule has 3 rings (SSSR count). The van der Waals surface area contributed by atoms with Crippen LogP contribution in [0.1, 0.15) is 54.1 Å². The first kappa shape index (κ1) is 19.9. The Bertz CT molecular complexity index is 827. The van der Waals surface area contributed by atoms with E-state index in [0.29, 0.717) is 29.3 Å². The van der Waals surface area contributed by atoms with Crippen molar-refractivity contribution in [3.63, 3.8) is 0 Å². The molecule has 1 saturated heterocycles. The SMILES string of the molecule is Cc1ccc(C(=O)OCC(=O)NN2C(=O)NC3(CCC(C)CC3)C2=O)cc1C. The zero-order valence-electron chi connectivity index (χ0n) is 16.3. The number of nitrogens with zero attached hydrogens (tertiary/aromatic N) is 1. The van der Waals surface area contributed by atoms with Crippen LogP contribution in [0.15, 0.2) is 18.2 Å². The summed E-state index contributed by atoms with van der Waals surface area (Å²) in [5.41, 5.74) is 3.62. The van der Waals surface area contributed by atoms with Gasteiger partial charge >= 0.3 is 12.0 Å². The summed E-state index contributed by atoms with van der Waals surface area (Å²) in [6.45, 7) is 5.32. The van der Waals surface area contributed by atoms with Gasteiger partial charge in [0.05, 0.1) is 5.56 Å². The highest BCUT2D eigenvalue weighted by Crippen LogP contribution is 2.35. The molecule has 0 unspecified atom stereocenters. The molecule has 8 heteroatoms. The standard InChI is InChI=1S/C20H25N3O5/c1-12-6-8-20(9-7-12)18(26)23(19(27)21-20)22-16(24)11-28-17(25)15-5-4-13(2)14(3)10-15/h4-5,10,12H,6-9,11H2,1-3H3,(H,21,27)(H,22,24). The van der Waals surface area contributed by atoms with Gasteiger partial charge in [0.15, 0.2) is 6.61 Å². The molecule has 1 saturated carbocycles. The van der Waals surface area contributed by atoms with E-state index in [1.165, 1.54) is 0 Å². The molecular formula is C20H25N3O5. The second-order valence-corrected chi connectivity index (χ2v) is 7.75. The minimum atomic E-state index is -0.938. The largest absolute Gasteiger partial charge is 0.452 e. The van der Waals surface area contributed by atoms with Crippen LogP contribution in [0.3, 0.4) is 0 Å². The van der Waals surface area contributed by atoms with E-state index in [9.17, 15) is 19.2 Å². The lowest BCUT2D eigenvalue weighted by Gasteiger charge is -2.33. The number of urea groups is 1. The van der Waals surface area contributed by atoms with Crippen LogP contribution in [-0.4, -0.2) is 41.0 Å². The molecule has 1 aromatic carbocycles. The molecule has 2 N–H and O–H groups in total. The van der Waals surface area contributed by atoms with Crippen LogP contribution < -0.4 is 10.7 Å². The Labute approximate surface area is 163 Å². The minimum absolute atomic E-state index is 0.334. The molecule has 2 fully saturated rings. The quantitative estimate of drug-likeness (QED) is 0.607. The number of nitrogens with one attached hydrogen (secondary N) is 2. The van der Waals surface area contributed by atoms with Gasteiger partial charge in [-0.25, -0.2) is 9.59 Å². The fourth-order valence-electron chi connectivity index (χ4n) is 3.56. The summed E-state index contributed by atoms with van der Waals surface area (Å²) in [5.74, 6) is -1.35. The van der Waals surface area contributed by atoms with Gasteiger partial charge in [-0.3, -0.25) is 15.0 Å². The maximum atomic E-state index is 12.7. The fraction of sp³-hybridized carbons (Fsp3) is 0.500. The zero-order valence-corrected chi connectivity index (χ0v) is 16.3. The number of hydrogen-bond donors (Lipinski definition) is 2. The Morgan fingerprint density at radius 3 is 2.54 bits per heavy atom. The van der Waals surface area contributed by atoms with Gasteiger partial charge in [0.2, 0.25) is 0 Å². The zero-order chi connectivity index (χ0) is 20.5. The summed E-state index contributed by atoms with van der Waals surface area (Å²) in [4.78, 5) is 49.1. The van der Waals surface area contributed by atoms with E-state index in [4.69, 9.17) is 4.74 Å². The Kier molecular flexibility index (Phi) is 5.40. The van der Waals surface area contributed by atoms with Crippen molar-refractivity contribution in [1.29, 1.82) is 0 Å². The Morgan fingerprint density at radius 1 is 1.21 bits per heavy atom. The van der Waals surface area contributed by atoms with Gasteiger partial charge in [-0.05, 0) is 68.7 Å².